The number of anilines is 2. The van der Waals surface area contributed by atoms with Crippen molar-refractivity contribution < 1.29 is 9.59 Å². The first-order valence-electron chi connectivity index (χ1n) is 9.37. The Balaban J connectivity index is 2.08. The van der Waals surface area contributed by atoms with Gasteiger partial charge < -0.3 is 14.7 Å². The van der Waals surface area contributed by atoms with Crippen molar-refractivity contribution in [3.8, 4) is 0 Å². The monoisotopic (exact) mass is 367 g/mol. The number of hydrogen-bond acceptors (Lipinski definition) is 3. The van der Waals surface area contributed by atoms with Crippen LogP contribution >= 0.6 is 0 Å². The summed E-state index contributed by atoms with van der Waals surface area (Å²) in [7, 11) is 1.76. The number of rotatable bonds is 8. The second-order valence-electron chi connectivity index (χ2n) is 6.53. The van der Waals surface area contributed by atoms with Gasteiger partial charge in [0, 0.05) is 45.0 Å². The molecule has 0 aliphatic carbocycles. The number of nitrogens with zero attached hydrogens (tertiary/aromatic N) is 3. The minimum absolute atomic E-state index is 0.0310. The van der Waals surface area contributed by atoms with Crippen LogP contribution in [0.4, 0.5) is 11.4 Å². The normalized spacial score (nSPS) is 10.4. The minimum atomic E-state index is -0.146. The third-order valence-corrected chi connectivity index (χ3v) is 4.65. The molecule has 0 aliphatic rings. The molecule has 0 unspecified atom stereocenters. The van der Waals surface area contributed by atoms with Gasteiger partial charge >= 0.3 is 0 Å². The minimum Gasteiger partial charge on any atom is -0.372 e. The van der Waals surface area contributed by atoms with Gasteiger partial charge in [-0.1, -0.05) is 30.3 Å². The van der Waals surface area contributed by atoms with Crippen molar-refractivity contribution in [2.24, 2.45) is 0 Å². The maximum atomic E-state index is 12.6. The molecule has 2 aromatic carbocycles. The third-order valence-electron chi connectivity index (χ3n) is 4.65. The second-order valence-corrected chi connectivity index (χ2v) is 6.53. The quantitative estimate of drug-likeness (QED) is 0.717. The molecule has 0 aliphatic heterocycles. The van der Waals surface area contributed by atoms with Crippen molar-refractivity contribution >= 4 is 23.2 Å². The summed E-state index contributed by atoms with van der Waals surface area (Å²) in [4.78, 5) is 30.2. The Morgan fingerprint density at radius 3 is 1.93 bits per heavy atom. The molecule has 0 radical (unpaired) electrons. The molecular formula is C22H29N3O2. The zero-order valence-corrected chi connectivity index (χ0v) is 16.7. The van der Waals surface area contributed by atoms with Gasteiger partial charge in [0.1, 0.15) is 6.54 Å². The van der Waals surface area contributed by atoms with Gasteiger partial charge in [-0.15, -0.1) is 0 Å². The van der Waals surface area contributed by atoms with E-state index in [0.717, 1.165) is 30.0 Å². The lowest BCUT2D eigenvalue weighted by Crippen LogP contribution is -2.40. The lowest BCUT2D eigenvalue weighted by molar-refractivity contribution is -0.130. The topological polar surface area (TPSA) is 43.9 Å². The van der Waals surface area contributed by atoms with Crippen LogP contribution in [0.15, 0.2) is 54.6 Å². The number of carbonyl (C=O) groups is 2. The van der Waals surface area contributed by atoms with E-state index in [-0.39, 0.29) is 18.4 Å². The Bertz CT molecular complexity index is 740. The average Bonchev–Trinajstić information content (AvgIpc) is 2.68. The highest BCUT2D eigenvalue weighted by Gasteiger charge is 2.19. The number of amides is 2. The number of carbonyl (C=O) groups excluding carboxylic acids is 2. The smallest absolute Gasteiger partial charge is 0.242 e. The van der Waals surface area contributed by atoms with E-state index in [4.69, 9.17) is 0 Å². The lowest BCUT2D eigenvalue weighted by atomic mass is 10.2. The van der Waals surface area contributed by atoms with Crippen LogP contribution in [-0.4, -0.2) is 43.4 Å². The van der Waals surface area contributed by atoms with Crippen molar-refractivity contribution in [1.29, 1.82) is 0 Å². The summed E-state index contributed by atoms with van der Waals surface area (Å²) in [6.07, 6.45) is 0. The molecule has 0 aromatic heterocycles. The summed E-state index contributed by atoms with van der Waals surface area (Å²) in [5.41, 5.74) is 2.91. The summed E-state index contributed by atoms with van der Waals surface area (Å²) >= 11 is 0. The summed E-state index contributed by atoms with van der Waals surface area (Å²) in [5.74, 6) is -0.242. The molecule has 0 N–H and O–H groups in total. The summed E-state index contributed by atoms with van der Waals surface area (Å²) < 4.78 is 0. The van der Waals surface area contributed by atoms with Crippen molar-refractivity contribution in [2.75, 3.05) is 36.5 Å². The van der Waals surface area contributed by atoms with Gasteiger partial charge in [-0.2, -0.15) is 0 Å². The SMILES string of the molecule is CCN(CC)c1ccc(N(CC(=O)N(C)Cc2ccccc2)C(C)=O)cc1. The van der Waals surface area contributed by atoms with Crippen LogP contribution in [-0.2, 0) is 16.1 Å². The van der Waals surface area contributed by atoms with Crippen LogP contribution < -0.4 is 9.80 Å². The largest absolute Gasteiger partial charge is 0.372 e. The fourth-order valence-electron chi connectivity index (χ4n) is 3.02. The van der Waals surface area contributed by atoms with Gasteiger partial charge in [0.25, 0.3) is 0 Å². The Hall–Kier alpha value is -2.82. The molecule has 0 spiro atoms. The van der Waals surface area contributed by atoms with Crippen molar-refractivity contribution in [3.63, 3.8) is 0 Å². The molecule has 0 bridgehead atoms. The molecule has 27 heavy (non-hydrogen) atoms. The predicted octanol–water partition coefficient (Wildman–Crippen LogP) is 3.54. The number of likely N-dealkylation sites (N-methyl/N-ethyl adjacent to an activating group) is 1. The van der Waals surface area contributed by atoms with Crippen LogP contribution in [0.25, 0.3) is 0 Å². The Morgan fingerprint density at radius 1 is 0.852 bits per heavy atom. The van der Waals surface area contributed by atoms with Gasteiger partial charge in [-0.25, -0.2) is 0 Å². The summed E-state index contributed by atoms with van der Waals surface area (Å²) in [6.45, 7) is 8.11. The second kappa shape index (κ2) is 9.76. The van der Waals surface area contributed by atoms with E-state index in [2.05, 4.69) is 18.7 Å². The molecule has 0 saturated carbocycles. The van der Waals surface area contributed by atoms with E-state index in [1.54, 1.807) is 11.9 Å². The van der Waals surface area contributed by atoms with Crippen LogP contribution in [0.2, 0.25) is 0 Å². The van der Waals surface area contributed by atoms with E-state index in [0.29, 0.717) is 6.54 Å². The summed E-state index contributed by atoms with van der Waals surface area (Å²) in [6, 6.07) is 17.6. The van der Waals surface area contributed by atoms with Gasteiger partial charge in [0.15, 0.2) is 0 Å². The average molecular weight is 367 g/mol. The lowest BCUT2D eigenvalue weighted by Gasteiger charge is -2.26. The van der Waals surface area contributed by atoms with Crippen LogP contribution in [0.3, 0.4) is 0 Å². The highest BCUT2D eigenvalue weighted by molar-refractivity contribution is 5.97. The van der Waals surface area contributed by atoms with E-state index in [1.165, 1.54) is 11.8 Å². The molecule has 0 saturated heterocycles. The first-order chi connectivity index (χ1) is 13.0. The van der Waals surface area contributed by atoms with Crippen LogP contribution in [0.1, 0.15) is 26.3 Å². The van der Waals surface area contributed by atoms with E-state index in [9.17, 15) is 9.59 Å². The van der Waals surface area contributed by atoms with Crippen molar-refractivity contribution in [3.05, 3.63) is 60.2 Å². The zero-order valence-electron chi connectivity index (χ0n) is 16.7. The molecule has 0 heterocycles. The molecular weight excluding hydrogens is 338 g/mol. The molecule has 2 aromatic rings. The standard InChI is InChI=1S/C22H29N3O2/c1-5-24(6-2)20-12-14-21(15-13-20)25(18(3)26)17-22(27)23(4)16-19-10-8-7-9-11-19/h7-15H,5-6,16-17H2,1-4H3. The number of hydrogen-bond donors (Lipinski definition) is 0. The van der Waals surface area contributed by atoms with E-state index in [1.807, 2.05) is 54.6 Å². The Labute approximate surface area is 162 Å². The van der Waals surface area contributed by atoms with Gasteiger partial charge in [0.05, 0.1) is 0 Å². The van der Waals surface area contributed by atoms with Gasteiger partial charge in [-0.05, 0) is 43.7 Å². The molecule has 2 amide bonds. The highest BCUT2D eigenvalue weighted by Crippen LogP contribution is 2.21. The van der Waals surface area contributed by atoms with Crippen molar-refractivity contribution in [2.45, 2.75) is 27.3 Å². The van der Waals surface area contributed by atoms with Crippen LogP contribution in [0, 0.1) is 0 Å². The fraction of sp³-hybridized carbons (Fsp3) is 0.364. The van der Waals surface area contributed by atoms with Gasteiger partial charge in [0.2, 0.25) is 11.8 Å². The maximum absolute atomic E-state index is 12.6. The molecule has 0 fully saturated rings. The zero-order chi connectivity index (χ0) is 19.8. The molecule has 5 nitrogen and oxygen atoms in total. The molecule has 0 atom stereocenters. The fourth-order valence-corrected chi connectivity index (χ4v) is 3.02. The van der Waals surface area contributed by atoms with Gasteiger partial charge in [-0.3, -0.25) is 9.59 Å². The maximum Gasteiger partial charge on any atom is 0.242 e. The highest BCUT2D eigenvalue weighted by atomic mass is 16.2. The van der Waals surface area contributed by atoms with E-state index < -0.39 is 0 Å². The molecule has 2 rings (SSSR count). The molecule has 5 heteroatoms. The summed E-state index contributed by atoms with van der Waals surface area (Å²) in [5, 5.41) is 0. The Morgan fingerprint density at radius 2 is 1.41 bits per heavy atom. The van der Waals surface area contributed by atoms with E-state index >= 15 is 0 Å². The van der Waals surface area contributed by atoms with Crippen molar-refractivity contribution in [1.82, 2.24) is 4.90 Å². The number of benzene rings is 2. The third kappa shape index (κ3) is 5.58. The first kappa shape index (κ1) is 20.5. The Kier molecular flexibility index (Phi) is 7.41. The molecule has 144 valence electrons. The predicted molar refractivity (Wildman–Crippen MR) is 111 cm³/mol. The first-order valence-corrected chi connectivity index (χ1v) is 9.37. The van der Waals surface area contributed by atoms with Crippen LogP contribution in [0.5, 0.6) is 0 Å².